The zero-order valence-corrected chi connectivity index (χ0v) is 12.3. The first-order valence-corrected chi connectivity index (χ1v) is 7.37. The molecule has 1 aliphatic heterocycles. The lowest BCUT2D eigenvalue weighted by atomic mass is 10.0. The Morgan fingerprint density at radius 3 is 2.30 bits per heavy atom. The lowest BCUT2D eigenvalue weighted by molar-refractivity contribution is 0.819. The van der Waals surface area contributed by atoms with Crippen molar-refractivity contribution >= 4 is 6.08 Å². The van der Waals surface area contributed by atoms with Crippen LogP contribution in [0, 0.1) is 11.3 Å². The van der Waals surface area contributed by atoms with E-state index in [2.05, 4.69) is 26.0 Å². The molecule has 0 bridgehead atoms. The van der Waals surface area contributed by atoms with Crippen LogP contribution in [0.25, 0.3) is 28.5 Å². The van der Waals surface area contributed by atoms with Crippen LogP contribution in [0.3, 0.4) is 0 Å². The summed E-state index contributed by atoms with van der Waals surface area (Å²) in [6.45, 7) is 0. The van der Waals surface area contributed by atoms with Gasteiger partial charge in [-0.3, -0.25) is 15.0 Å². The highest BCUT2D eigenvalue weighted by molar-refractivity contribution is 5.81. The maximum Gasteiger partial charge on any atom is 0.140 e. The predicted molar refractivity (Wildman–Crippen MR) is 86.5 cm³/mol. The van der Waals surface area contributed by atoms with Crippen LogP contribution in [0.4, 0.5) is 0 Å². The summed E-state index contributed by atoms with van der Waals surface area (Å²) in [5, 5.41) is 11.0. The van der Waals surface area contributed by atoms with Crippen LogP contribution in [-0.4, -0.2) is 21.0 Å². The lowest BCUT2D eigenvalue weighted by Gasteiger charge is -2.06. The second-order valence-electron chi connectivity index (χ2n) is 5.32. The van der Waals surface area contributed by atoms with Crippen molar-refractivity contribution in [3.8, 4) is 28.5 Å². The van der Waals surface area contributed by atoms with Gasteiger partial charge in [0, 0.05) is 42.3 Å². The molecule has 4 rings (SSSR count). The van der Waals surface area contributed by atoms with E-state index in [1.165, 1.54) is 0 Å². The number of aromatic amines is 1. The van der Waals surface area contributed by atoms with E-state index < -0.39 is 0 Å². The zero-order valence-electron chi connectivity index (χ0n) is 12.3. The summed E-state index contributed by atoms with van der Waals surface area (Å²) in [6, 6.07) is 9.75. The van der Waals surface area contributed by atoms with Crippen LogP contribution < -0.4 is 10.7 Å². The van der Waals surface area contributed by atoms with Crippen molar-refractivity contribution in [2.75, 3.05) is 0 Å². The Kier molecular flexibility index (Phi) is 3.21. The monoisotopic (exact) mass is 299 g/mol. The average Bonchev–Trinajstić information content (AvgIpc) is 3.01. The molecule has 0 amide bonds. The number of nitrogens with one attached hydrogen (secondary N) is 1. The van der Waals surface area contributed by atoms with Crippen molar-refractivity contribution < 1.29 is 0 Å². The number of aromatic nitrogens is 3. The summed E-state index contributed by atoms with van der Waals surface area (Å²) >= 11 is 0. The molecule has 0 fully saturated rings. The smallest absolute Gasteiger partial charge is 0.140 e. The third-order valence-corrected chi connectivity index (χ3v) is 3.92. The Morgan fingerprint density at radius 1 is 1.00 bits per heavy atom. The summed E-state index contributed by atoms with van der Waals surface area (Å²) in [5.41, 5.74) is 4.06. The van der Waals surface area contributed by atoms with Gasteiger partial charge in [0.25, 0.3) is 0 Å². The molecule has 1 unspecified atom stereocenters. The van der Waals surface area contributed by atoms with Crippen LogP contribution in [0.1, 0.15) is 6.42 Å². The fourth-order valence-corrected chi connectivity index (χ4v) is 2.85. The molecule has 0 aromatic carbocycles. The lowest BCUT2D eigenvalue weighted by Crippen LogP contribution is -2.30. The van der Waals surface area contributed by atoms with Gasteiger partial charge < -0.3 is 4.98 Å². The molecule has 1 atom stereocenters. The quantitative estimate of drug-likeness (QED) is 0.784. The molecule has 3 aromatic rings. The first-order valence-electron chi connectivity index (χ1n) is 7.37. The molecule has 5 nitrogen and oxygen atoms in total. The Hall–Kier alpha value is -3.26. The van der Waals surface area contributed by atoms with Crippen LogP contribution in [0.5, 0.6) is 0 Å². The Morgan fingerprint density at radius 2 is 1.65 bits per heavy atom. The summed E-state index contributed by atoms with van der Waals surface area (Å²) in [5.74, 6) is 0. The topological polar surface area (TPSA) is 77.7 Å². The molecule has 0 saturated carbocycles. The molecule has 0 aliphatic carbocycles. The fraction of sp³-hybridized carbons (Fsp3) is 0.111. The average molecular weight is 299 g/mol. The van der Waals surface area contributed by atoms with Gasteiger partial charge in [-0.25, -0.2) is 0 Å². The van der Waals surface area contributed by atoms with E-state index >= 15 is 0 Å². The summed E-state index contributed by atoms with van der Waals surface area (Å²) in [6.07, 6.45) is 9.74. The molecular formula is C18H13N5. The number of nitrogens with zero attached hydrogens (tertiary/aromatic N) is 4. The van der Waals surface area contributed by atoms with Gasteiger partial charge in [-0.1, -0.05) is 6.08 Å². The number of fused-ring (bicyclic) bond motifs is 1. The number of pyridine rings is 2. The molecule has 4 heterocycles. The third kappa shape index (κ3) is 2.30. The molecule has 0 spiro atoms. The Bertz CT molecular complexity index is 997. The van der Waals surface area contributed by atoms with Gasteiger partial charge >= 0.3 is 0 Å². The maximum absolute atomic E-state index is 9.21. The van der Waals surface area contributed by atoms with E-state index in [9.17, 15) is 5.26 Å². The van der Waals surface area contributed by atoms with E-state index in [4.69, 9.17) is 0 Å². The maximum atomic E-state index is 9.21. The highest BCUT2D eigenvalue weighted by Gasteiger charge is 2.18. The minimum absolute atomic E-state index is 0.329. The molecule has 23 heavy (non-hydrogen) atoms. The van der Waals surface area contributed by atoms with Crippen molar-refractivity contribution in [1.82, 2.24) is 15.0 Å². The van der Waals surface area contributed by atoms with Gasteiger partial charge in [-0.2, -0.15) is 5.26 Å². The summed E-state index contributed by atoms with van der Waals surface area (Å²) in [4.78, 5) is 16.3. The first kappa shape index (κ1) is 13.4. The minimum atomic E-state index is -0.329. The van der Waals surface area contributed by atoms with Crippen LogP contribution in [0.15, 0.2) is 54.0 Å². The molecule has 1 aliphatic rings. The number of hydrogen-bond donors (Lipinski definition) is 1. The van der Waals surface area contributed by atoms with Crippen molar-refractivity contribution in [1.29, 1.82) is 5.26 Å². The molecule has 0 radical (unpaired) electrons. The van der Waals surface area contributed by atoms with E-state index in [0.717, 1.165) is 33.1 Å². The number of hydrogen-bond acceptors (Lipinski definition) is 4. The number of rotatable bonds is 2. The van der Waals surface area contributed by atoms with Gasteiger partial charge in [-0.15, -0.1) is 0 Å². The van der Waals surface area contributed by atoms with Gasteiger partial charge in [0.15, 0.2) is 0 Å². The second kappa shape index (κ2) is 5.50. The van der Waals surface area contributed by atoms with Crippen LogP contribution in [0.2, 0.25) is 0 Å². The van der Waals surface area contributed by atoms with Crippen LogP contribution in [-0.2, 0) is 0 Å². The highest BCUT2D eigenvalue weighted by atomic mass is 14.8. The zero-order chi connectivity index (χ0) is 15.6. The Balaban J connectivity index is 2.06. The van der Waals surface area contributed by atoms with Crippen LogP contribution >= 0.6 is 0 Å². The molecule has 0 saturated heterocycles. The van der Waals surface area contributed by atoms with E-state index in [1.54, 1.807) is 24.8 Å². The number of H-pyrrole nitrogens is 1. The van der Waals surface area contributed by atoms with Gasteiger partial charge in [-0.05, 0) is 29.8 Å². The predicted octanol–water partition coefficient (Wildman–Crippen LogP) is 1.83. The van der Waals surface area contributed by atoms with Gasteiger partial charge in [0.1, 0.15) is 6.04 Å². The van der Waals surface area contributed by atoms with Crippen molar-refractivity contribution in [3.05, 3.63) is 59.8 Å². The van der Waals surface area contributed by atoms with Crippen molar-refractivity contribution in [2.24, 2.45) is 4.99 Å². The molecule has 1 N–H and O–H groups in total. The highest BCUT2D eigenvalue weighted by Crippen LogP contribution is 2.26. The molecule has 3 aromatic heterocycles. The first-order chi connectivity index (χ1) is 11.4. The standard InChI is InChI=1S/C18H13N5/c19-11-14-1-2-15-18(22-14)16(12-3-7-20-8-4-12)17(23-15)13-5-9-21-10-6-13/h2-10,14,23H,1H2. The number of nitriles is 1. The summed E-state index contributed by atoms with van der Waals surface area (Å²) < 4.78 is 0. The van der Waals surface area contributed by atoms with E-state index in [1.807, 2.05) is 30.3 Å². The molecule has 5 heteroatoms. The molecular weight excluding hydrogens is 286 g/mol. The van der Waals surface area contributed by atoms with E-state index in [0.29, 0.717) is 6.42 Å². The fourth-order valence-electron chi connectivity index (χ4n) is 2.85. The SMILES string of the molecule is N#CC1CC=c2[nH]c(-c3ccncc3)c(-c3ccncc3)c2=N1. The molecule has 110 valence electrons. The largest absolute Gasteiger partial charge is 0.353 e. The van der Waals surface area contributed by atoms with Crippen molar-refractivity contribution in [3.63, 3.8) is 0 Å². The minimum Gasteiger partial charge on any atom is -0.353 e. The van der Waals surface area contributed by atoms with Gasteiger partial charge in [0.05, 0.1) is 22.5 Å². The normalized spacial score (nSPS) is 15.9. The second-order valence-corrected chi connectivity index (χ2v) is 5.32. The Labute approximate surface area is 132 Å². The van der Waals surface area contributed by atoms with Crippen molar-refractivity contribution in [2.45, 2.75) is 12.5 Å². The summed E-state index contributed by atoms with van der Waals surface area (Å²) in [7, 11) is 0. The van der Waals surface area contributed by atoms with E-state index in [-0.39, 0.29) is 6.04 Å². The van der Waals surface area contributed by atoms with Gasteiger partial charge in [0.2, 0.25) is 0 Å². The third-order valence-electron chi connectivity index (χ3n) is 3.92.